The number of carbonyl (C=O) groups excluding carboxylic acids is 3. The molecule has 0 aromatic carbocycles. The van der Waals surface area contributed by atoms with Crippen LogP contribution in [0.1, 0.15) is 213 Å². The molecule has 346 valence electrons. The summed E-state index contributed by atoms with van der Waals surface area (Å²) >= 11 is 0. The summed E-state index contributed by atoms with van der Waals surface area (Å²) in [7, 11) is 0. The summed E-state index contributed by atoms with van der Waals surface area (Å²) in [4.78, 5) is 37.8. The molecule has 0 fully saturated rings. The van der Waals surface area contributed by atoms with Gasteiger partial charge in [0, 0.05) is 19.3 Å². The van der Waals surface area contributed by atoms with E-state index in [-0.39, 0.29) is 50.4 Å². The van der Waals surface area contributed by atoms with E-state index in [1.165, 1.54) is 96.3 Å². The Morgan fingerprint density at radius 3 is 0.984 bits per heavy atom. The van der Waals surface area contributed by atoms with Gasteiger partial charge in [-0.05, 0) is 109 Å². The van der Waals surface area contributed by atoms with Gasteiger partial charge < -0.3 is 14.2 Å². The number of carbonyl (C=O) groups is 3. The van der Waals surface area contributed by atoms with E-state index in [4.69, 9.17) is 14.2 Å². The smallest absolute Gasteiger partial charge is 0.306 e. The van der Waals surface area contributed by atoms with E-state index in [0.29, 0.717) is 19.3 Å². The van der Waals surface area contributed by atoms with Crippen molar-refractivity contribution in [1.82, 2.24) is 0 Å². The van der Waals surface area contributed by atoms with Gasteiger partial charge in [-0.25, -0.2) is 0 Å². The first kappa shape index (κ1) is 57.3. The molecule has 0 aliphatic heterocycles. The Labute approximate surface area is 375 Å². The zero-order valence-corrected chi connectivity index (χ0v) is 39.4. The van der Waals surface area contributed by atoms with Gasteiger partial charge in [-0.3, -0.25) is 14.4 Å². The topological polar surface area (TPSA) is 78.9 Å². The van der Waals surface area contributed by atoms with Crippen molar-refractivity contribution in [3.63, 3.8) is 0 Å². The zero-order valence-electron chi connectivity index (χ0n) is 39.4. The van der Waals surface area contributed by atoms with Crippen molar-refractivity contribution in [2.24, 2.45) is 0 Å². The van der Waals surface area contributed by atoms with Crippen molar-refractivity contribution in [1.29, 1.82) is 0 Å². The average Bonchev–Trinajstić information content (AvgIpc) is 3.26. The largest absolute Gasteiger partial charge is 0.462 e. The third-order valence-electron chi connectivity index (χ3n) is 10.0. The Bertz CT molecular complexity index is 1250. The van der Waals surface area contributed by atoms with Gasteiger partial charge in [0.1, 0.15) is 13.2 Å². The summed E-state index contributed by atoms with van der Waals surface area (Å²) in [6, 6.07) is 0. The number of unbranched alkanes of at least 4 members (excludes halogenated alkanes) is 16. The molecule has 0 aromatic rings. The van der Waals surface area contributed by atoms with Crippen molar-refractivity contribution in [2.75, 3.05) is 13.2 Å². The van der Waals surface area contributed by atoms with Crippen LogP contribution in [-0.4, -0.2) is 37.2 Å². The van der Waals surface area contributed by atoms with Crippen molar-refractivity contribution < 1.29 is 28.6 Å². The maximum Gasteiger partial charge on any atom is 0.306 e. The number of hydrogen-bond donors (Lipinski definition) is 0. The van der Waals surface area contributed by atoms with E-state index < -0.39 is 6.10 Å². The van der Waals surface area contributed by atoms with Crippen LogP contribution in [0.4, 0.5) is 0 Å². The molecule has 0 aromatic heterocycles. The van der Waals surface area contributed by atoms with Crippen molar-refractivity contribution in [3.05, 3.63) is 97.2 Å². The van der Waals surface area contributed by atoms with Crippen molar-refractivity contribution in [2.45, 2.75) is 219 Å². The Balaban J connectivity index is 4.55. The number of hydrogen-bond acceptors (Lipinski definition) is 6. The molecule has 0 aliphatic carbocycles. The van der Waals surface area contributed by atoms with Crippen molar-refractivity contribution >= 4 is 17.9 Å². The van der Waals surface area contributed by atoms with E-state index in [9.17, 15) is 14.4 Å². The summed E-state index contributed by atoms with van der Waals surface area (Å²) < 4.78 is 16.6. The van der Waals surface area contributed by atoms with Gasteiger partial charge >= 0.3 is 17.9 Å². The van der Waals surface area contributed by atoms with E-state index in [1.54, 1.807) is 0 Å². The normalized spacial score (nSPS) is 12.9. The van der Waals surface area contributed by atoms with Crippen LogP contribution in [0, 0.1) is 0 Å². The van der Waals surface area contributed by atoms with Crippen LogP contribution in [0.5, 0.6) is 0 Å². The second-order valence-electron chi connectivity index (χ2n) is 16.0. The Hall–Kier alpha value is -3.67. The maximum atomic E-state index is 12.7. The lowest BCUT2D eigenvalue weighted by Crippen LogP contribution is -2.30. The second kappa shape index (κ2) is 49.0. The highest BCUT2D eigenvalue weighted by Gasteiger charge is 2.19. The van der Waals surface area contributed by atoms with Gasteiger partial charge in [0.05, 0.1) is 0 Å². The van der Waals surface area contributed by atoms with Crippen LogP contribution in [0.25, 0.3) is 0 Å². The first-order valence-electron chi connectivity index (χ1n) is 24.7. The van der Waals surface area contributed by atoms with Gasteiger partial charge in [-0.15, -0.1) is 0 Å². The summed E-state index contributed by atoms with van der Waals surface area (Å²) in [5.41, 5.74) is 0. The molecule has 1 unspecified atom stereocenters. The fourth-order valence-electron chi connectivity index (χ4n) is 6.28. The molecule has 0 radical (unpaired) electrons. The molecule has 0 saturated carbocycles. The molecular weight excluding hydrogens is 757 g/mol. The molecule has 1 atom stereocenters. The Kier molecular flexibility index (Phi) is 46.0. The Morgan fingerprint density at radius 2 is 0.590 bits per heavy atom. The monoisotopic (exact) mass is 847 g/mol. The Morgan fingerprint density at radius 1 is 0.328 bits per heavy atom. The number of rotatable bonds is 43. The second-order valence-corrected chi connectivity index (χ2v) is 16.0. The molecule has 0 heterocycles. The van der Waals surface area contributed by atoms with Crippen LogP contribution < -0.4 is 0 Å². The highest BCUT2D eigenvalue weighted by Crippen LogP contribution is 2.10. The first-order chi connectivity index (χ1) is 30.0. The highest BCUT2D eigenvalue weighted by molar-refractivity contribution is 5.71. The third-order valence-corrected chi connectivity index (χ3v) is 10.0. The molecule has 0 bridgehead atoms. The van der Waals surface area contributed by atoms with Crippen molar-refractivity contribution in [3.8, 4) is 0 Å². The predicted octanol–water partition coefficient (Wildman–Crippen LogP) is 16.2. The van der Waals surface area contributed by atoms with Crippen LogP contribution in [0.2, 0.25) is 0 Å². The average molecular weight is 847 g/mol. The van der Waals surface area contributed by atoms with Crippen LogP contribution in [0.3, 0.4) is 0 Å². The molecular formula is C55H90O6. The van der Waals surface area contributed by atoms with Gasteiger partial charge in [0.2, 0.25) is 0 Å². The fourth-order valence-corrected chi connectivity index (χ4v) is 6.28. The number of allylic oxidation sites excluding steroid dienone is 16. The lowest BCUT2D eigenvalue weighted by Gasteiger charge is -2.18. The molecule has 0 amide bonds. The van der Waals surface area contributed by atoms with E-state index in [0.717, 1.165) is 57.8 Å². The minimum atomic E-state index is -0.836. The molecule has 0 aliphatic rings. The summed E-state index contributed by atoms with van der Waals surface area (Å²) in [6.45, 7) is 6.43. The summed E-state index contributed by atoms with van der Waals surface area (Å²) in [5, 5.41) is 0. The first-order valence-corrected chi connectivity index (χ1v) is 24.7. The van der Waals surface area contributed by atoms with Gasteiger partial charge in [-0.2, -0.15) is 0 Å². The summed E-state index contributed by atoms with van der Waals surface area (Å²) in [5.74, 6) is -1.08. The quantitative estimate of drug-likeness (QED) is 0.0263. The minimum absolute atomic E-state index is 0.131. The molecule has 0 saturated heterocycles. The predicted molar refractivity (Wildman–Crippen MR) is 260 cm³/mol. The van der Waals surface area contributed by atoms with E-state index >= 15 is 0 Å². The van der Waals surface area contributed by atoms with E-state index in [2.05, 4.69) is 118 Å². The molecule has 0 spiro atoms. The number of ether oxygens (including phenoxy) is 3. The number of esters is 3. The van der Waals surface area contributed by atoms with Crippen LogP contribution in [-0.2, 0) is 28.6 Å². The van der Waals surface area contributed by atoms with E-state index in [1.807, 2.05) is 0 Å². The maximum absolute atomic E-state index is 12.7. The summed E-state index contributed by atoms with van der Waals surface area (Å²) in [6.07, 6.45) is 64.1. The van der Waals surface area contributed by atoms with Gasteiger partial charge in [0.25, 0.3) is 0 Å². The van der Waals surface area contributed by atoms with Crippen LogP contribution in [0.15, 0.2) is 97.2 Å². The highest BCUT2D eigenvalue weighted by atomic mass is 16.6. The SMILES string of the molecule is CCCCC/C=C\C/C=C\C/C=C\C/C=C\CCCC(=O)OCC(COC(=O)CCC/C=C\CCCCCC)OC(=O)CCC/C=C\C/C=C\C/C=C\CCCCCCCC. The lowest BCUT2D eigenvalue weighted by atomic mass is 10.1. The van der Waals surface area contributed by atoms with Crippen LogP contribution >= 0.6 is 0 Å². The van der Waals surface area contributed by atoms with Gasteiger partial charge in [0.15, 0.2) is 6.10 Å². The lowest BCUT2D eigenvalue weighted by molar-refractivity contribution is -0.166. The fraction of sp³-hybridized carbons (Fsp3) is 0.655. The minimum Gasteiger partial charge on any atom is -0.462 e. The molecule has 0 rings (SSSR count). The molecule has 6 nitrogen and oxygen atoms in total. The molecule has 61 heavy (non-hydrogen) atoms. The molecule has 0 N–H and O–H groups in total. The zero-order chi connectivity index (χ0) is 44.4. The van der Waals surface area contributed by atoms with Gasteiger partial charge in [-0.1, -0.05) is 182 Å². The third kappa shape index (κ3) is 47.2. The molecule has 6 heteroatoms. The standard InChI is InChI=1S/C55H90O6/c1-4-7-10-13-16-19-21-23-25-27-29-31-33-36-39-42-45-48-54(57)60-51-52(50-59-53(56)47-44-41-38-35-18-15-12-9-6-3)61-55(58)49-46-43-40-37-34-32-30-28-26-24-22-20-17-14-11-8-5-2/h16,19,23-26,29-32,35-40,52H,4-15,17-18,20-22,27-28,33-34,41-51H2,1-3H3/b19-16-,25-23-,26-24-,31-29-,32-30-,38-35-,39-36-,40-37-.